The van der Waals surface area contributed by atoms with E-state index in [2.05, 4.69) is 6.07 Å². The Morgan fingerprint density at radius 1 is 1.00 bits per heavy atom. The topological polar surface area (TPSA) is 26.3 Å². The Morgan fingerprint density at radius 3 is 2.53 bits per heavy atom. The van der Waals surface area contributed by atoms with Gasteiger partial charge in [0.15, 0.2) is 0 Å². The highest BCUT2D eigenvalue weighted by atomic mass is 16.5. The van der Waals surface area contributed by atoms with Crippen molar-refractivity contribution in [2.45, 2.75) is 13.8 Å². The number of carbonyl (C=O) groups excluding carboxylic acids is 1. The van der Waals surface area contributed by atoms with Gasteiger partial charge in [0.05, 0.1) is 0 Å². The van der Waals surface area contributed by atoms with E-state index in [0.29, 0.717) is 5.75 Å². The Kier molecular flexibility index (Phi) is 2.71. The molecule has 0 bridgehead atoms. The Morgan fingerprint density at radius 2 is 1.74 bits per heavy atom. The van der Waals surface area contributed by atoms with E-state index in [9.17, 15) is 4.79 Å². The van der Waals surface area contributed by atoms with E-state index < -0.39 is 0 Å². The molecule has 0 heterocycles. The summed E-state index contributed by atoms with van der Waals surface area (Å²) in [7, 11) is 0. The molecule has 0 aliphatic carbocycles. The fraction of sp³-hybridized carbons (Fsp3) is 0.118. The Hall–Kier alpha value is -2.35. The third-order valence-electron chi connectivity index (χ3n) is 3.29. The molecule has 94 valence electrons. The molecule has 0 aliphatic heterocycles. The summed E-state index contributed by atoms with van der Waals surface area (Å²) in [5.74, 6) is 0.375. The predicted molar refractivity (Wildman–Crippen MR) is 77.5 cm³/mol. The normalized spacial score (nSPS) is 10.8. The Labute approximate surface area is 111 Å². The van der Waals surface area contributed by atoms with Crippen LogP contribution >= 0.6 is 0 Å². The number of aryl methyl sites for hydroxylation is 1. The van der Waals surface area contributed by atoms with Gasteiger partial charge in [0, 0.05) is 17.7 Å². The lowest BCUT2D eigenvalue weighted by Crippen LogP contribution is -2.03. The fourth-order valence-corrected chi connectivity index (χ4v) is 2.50. The van der Waals surface area contributed by atoms with Gasteiger partial charge >= 0.3 is 5.97 Å². The first-order chi connectivity index (χ1) is 9.16. The molecule has 0 amide bonds. The molecule has 2 nitrogen and oxygen atoms in total. The Bertz CT molecular complexity index is 788. The standard InChI is InChI=1S/C17H14O2/c1-11-6-5-8-14-10-13-7-3-4-9-15(13)17(16(11)14)19-12(2)18/h3-10H,1-2H3. The molecule has 0 saturated carbocycles. The van der Waals surface area contributed by atoms with Crippen LogP contribution in [0, 0.1) is 6.92 Å². The summed E-state index contributed by atoms with van der Waals surface area (Å²) in [5.41, 5.74) is 1.11. The molecule has 0 aromatic heterocycles. The molecular weight excluding hydrogens is 236 g/mol. The van der Waals surface area contributed by atoms with E-state index in [-0.39, 0.29) is 5.97 Å². The molecule has 3 rings (SSSR count). The summed E-state index contributed by atoms with van der Waals surface area (Å²) in [6.07, 6.45) is 0. The van der Waals surface area contributed by atoms with Gasteiger partial charge in [-0.3, -0.25) is 4.79 Å². The number of rotatable bonds is 1. The van der Waals surface area contributed by atoms with E-state index in [1.54, 1.807) is 0 Å². The van der Waals surface area contributed by atoms with Crippen LogP contribution in [0.4, 0.5) is 0 Å². The number of esters is 1. The maximum absolute atomic E-state index is 11.4. The monoisotopic (exact) mass is 250 g/mol. The van der Waals surface area contributed by atoms with Crippen LogP contribution in [0.25, 0.3) is 21.5 Å². The van der Waals surface area contributed by atoms with Crippen LogP contribution in [0.3, 0.4) is 0 Å². The van der Waals surface area contributed by atoms with Crippen LogP contribution in [-0.2, 0) is 4.79 Å². The summed E-state index contributed by atoms with van der Waals surface area (Å²) in [6.45, 7) is 3.47. The maximum atomic E-state index is 11.4. The molecule has 3 aromatic rings. The van der Waals surface area contributed by atoms with Crippen molar-refractivity contribution in [3.8, 4) is 5.75 Å². The minimum absolute atomic E-state index is 0.291. The van der Waals surface area contributed by atoms with Gasteiger partial charge < -0.3 is 4.74 Å². The first-order valence-corrected chi connectivity index (χ1v) is 6.26. The maximum Gasteiger partial charge on any atom is 0.308 e. The summed E-state index contributed by atoms with van der Waals surface area (Å²) in [6, 6.07) is 16.2. The second kappa shape index (κ2) is 4.39. The van der Waals surface area contributed by atoms with Crippen LogP contribution in [0.1, 0.15) is 12.5 Å². The summed E-state index contributed by atoms with van der Waals surface area (Å²) in [4.78, 5) is 11.4. The summed E-state index contributed by atoms with van der Waals surface area (Å²) < 4.78 is 5.48. The molecule has 0 spiro atoms. The SMILES string of the molecule is CC(=O)Oc1c2ccccc2cc2cccc(C)c12. The van der Waals surface area contributed by atoms with Crippen molar-refractivity contribution in [3.63, 3.8) is 0 Å². The van der Waals surface area contributed by atoms with Crippen LogP contribution in [0.5, 0.6) is 5.75 Å². The lowest BCUT2D eigenvalue weighted by atomic mass is 9.99. The number of ether oxygens (including phenoxy) is 1. The second-order valence-corrected chi connectivity index (χ2v) is 4.69. The van der Waals surface area contributed by atoms with Crippen molar-refractivity contribution in [2.75, 3.05) is 0 Å². The van der Waals surface area contributed by atoms with Crippen molar-refractivity contribution in [2.24, 2.45) is 0 Å². The van der Waals surface area contributed by atoms with Gasteiger partial charge in [0.25, 0.3) is 0 Å². The molecule has 19 heavy (non-hydrogen) atoms. The van der Waals surface area contributed by atoms with Gasteiger partial charge in [0.1, 0.15) is 5.75 Å². The molecular formula is C17H14O2. The van der Waals surface area contributed by atoms with Gasteiger partial charge in [-0.15, -0.1) is 0 Å². The molecule has 0 radical (unpaired) electrons. The van der Waals surface area contributed by atoms with Crippen LogP contribution in [-0.4, -0.2) is 5.97 Å². The minimum Gasteiger partial charge on any atom is -0.425 e. The van der Waals surface area contributed by atoms with Gasteiger partial charge in [0.2, 0.25) is 0 Å². The van der Waals surface area contributed by atoms with E-state index in [1.807, 2.05) is 49.4 Å². The summed E-state index contributed by atoms with van der Waals surface area (Å²) >= 11 is 0. The molecule has 2 heteroatoms. The molecule has 0 atom stereocenters. The highest BCUT2D eigenvalue weighted by Crippen LogP contribution is 2.36. The van der Waals surface area contributed by atoms with Crippen LogP contribution < -0.4 is 4.74 Å². The van der Waals surface area contributed by atoms with Crippen molar-refractivity contribution >= 4 is 27.5 Å². The third-order valence-corrected chi connectivity index (χ3v) is 3.29. The first kappa shape index (κ1) is 11.7. The van der Waals surface area contributed by atoms with Gasteiger partial charge in [-0.05, 0) is 29.3 Å². The zero-order valence-corrected chi connectivity index (χ0v) is 10.9. The van der Waals surface area contributed by atoms with Crippen molar-refractivity contribution in [1.29, 1.82) is 0 Å². The number of hydrogen-bond acceptors (Lipinski definition) is 2. The third kappa shape index (κ3) is 1.95. The van der Waals surface area contributed by atoms with Gasteiger partial charge in [-0.25, -0.2) is 0 Å². The van der Waals surface area contributed by atoms with E-state index in [4.69, 9.17) is 4.74 Å². The van der Waals surface area contributed by atoms with Crippen molar-refractivity contribution in [3.05, 3.63) is 54.1 Å². The summed E-state index contributed by atoms with van der Waals surface area (Å²) in [5, 5.41) is 4.16. The zero-order chi connectivity index (χ0) is 13.4. The smallest absolute Gasteiger partial charge is 0.308 e. The van der Waals surface area contributed by atoms with Crippen LogP contribution in [0.15, 0.2) is 48.5 Å². The first-order valence-electron chi connectivity index (χ1n) is 6.26. The lowest BCUT2D eigenvalue weighted by Gasteiger charge is -2.12. The molecule has 0 aliphatic rings. The largest absolute Gasteiger partial charge is 0.425 e. The van der Waals surface area contributed by atoms with Gasteiger partial charge in [-0.2, -0.15) is 0 Å². The molecule has 0 saturated heterocycles. The Balaban J connectivity index is 2.50. The molecule has 0 fully saturated rings. The average Bonchev–Trinajstić information content (AvgIpc) is 2.38. The number of hydrogen-bond donors (Lipinski definition) is 0. The molecule has 0 unspecified atom stereocenters. The average molecular weight is 250 g/mol. The fourth-order valence-electron chi connectivity index (χ4n) is 2.50. The molecule has 3 aromatic carbocycles. The van der Waals surface area contributed by atoms with E-state index in [1.165, 1.54) is 6.92 Å². The van der Waals surface area contributed by atoms with E-state index in [0.717, 1.165) is 27.1 Å². The van der Waals surface area contributed by atoms with Crippen LogP contribution in [0.2, 0.25) is 0 Å². The number of benzene rings is 3. The van der Waals surface area contributed by atoms with E-state index >= 15 is 0 Å². The molecule has 0 N–H and O–H groups in total. The minimum atomic E-state index is -0.291. The highest BCUT2D eigenvalue weighted by molar-refractivity contribution is 6.07. The van der Waals surface area contributed by atoms with Crippen molar-refractivity contribution < 1.29 is 9.53 Å². The highest BCUT2D eigenvalue weighted by Gasteiger charge is 2.12. The quantitative estimate of drug-likeness (QED) is 0.367. The second-order valence-electron chi connectivity index (χ2n) is 4.69. The predicted octanol–water partition coefficient (Wildman–Crippen LogP) is 4.23. The lowest BCUT2D eigenvalue weighted by molar-refractivity contribution is -0.131. The number of carbonyl (C=O) groups is 1. The van der Waals surface area contributed by atoms with Gasteiger partial charge in [-0.1, -0.05) is 42.5 Å². The zero-order valence-electron chi connectivity index (χ0n) is 10.9. The number of fused-ring (bicyclic) bond motifs is 2. The van der Waals surface area contributed by atoms with Crippen molar-refractivity contribution in [1.82, 2.24) is 0 Å².